The Morgan fingerprint density at radius 2 is 2.30 bits per heavy atom. The highest BCUT2D eigenvalue weighted by Crippen LogP contribution is 2.40. The second-order valence-corrected chi connectivity index (χ2v) is 8.26. The first-order valence-electron chi connectivity index (χ1n) is 6.88. The van der Waals surface area contributed by atoms with Crippen LogP contribution in [0.4, 0.5) is 0 Å². The Morgan fingerprint density at radius 3 is 3.00 bits per heavy atom. The van der Waals surface area contributed by atoms with Crippen LogP contribution in [0.1, 0.15) is 25.1 Å². The number of hydrogen-bond donors (Lipinski definition) is 1. The van der Waals surface area contributed by atoms with Crippen molar-refractivity contribution in [1.29, 1.82) is 0 Å². The zero-order chi connectivity index (χ0) is 14.5. The van der Waals surface area contributed by atoms with Crippen LogP contribution in [0.25, 0.3) is 0 Å². The van der Waals surface area contributed by atoms with E-state index in [1.165, 1.54) is 17.9 Å². The van der Waals surface area contributed by atoms with Crippen LogP contribution in [0.2, 0.25) is 0 Å². The van der Waals surface area contributed by atoms with Crippen LogP contribution in [-0.4, -0.2) is 45.5 Å². The molecule has 1 fully saturated rings. The molecule has 0 saturated carbocycles. The lowest BCUT2D eigenvalue weighted by Crippen LogP contribution is -2.37. The second-order valence-electron chi connectivity index (χ2n) is 4.77. The SMILES string of the molecule is CCC1SCCSC1C(N)c1c(Br)cnn1CCOC. The summed E-state index contributed by atoms with van der Waals surface area (Å²) in [5.41, 5.74) is 7.69. The molecule has 4 nitrogen and oxygen atoms in total. The molecule has 0 spiro atoms. The quantitative estimate of drug-likeness (QED) is 0.823. The van der Waals surface area contributed by atoms with Crippen molar-refractivity contribution in [1.82, 2.24) is 9.78 Å². The minimum absolute atomic E-state index is 0.00600. The van der Waals surface area contributed by atoms with Crippen molar-refractivity contribution in [3.63, 3.8) is 0 Å². The zero-order valence-electron chi connectivity index (χ0n) is 11.9. The summed E-state index contributed by atoms with van der Waals surface area (Å²) in [5.74, 6) is 2.42. The number of methoxy groups -OCH3 is 1. The number of aromatic nitrogens is 2. The lowest BCUT2D eigenvalue weighted by Gasteiger charge is -2.34. The third-order valence-corrected chi connectivity index (χ3v) is 7.49. The van der Waals surface area contributed by atoms with Crippen LogP contribution in [0.15, 0.2) is 10.7 Å². The first-order valence-corrected chi connectivity index (χ1v) is 9.77. The van der Waals surface area contributed by atoms with Gasteiger partial charge in [-0.05, 0) is 22.4 Å². The van der Waals surface area contributed by atoms with Crippen LogP contribution < -0.4 is 5.73 Å². The van der Waals surface area contributed by atoms with Gasteiger partial charge in [-0.15, -0.1) is 0 Å². The normalized spacial score (nSPS) is 24.8. The molecule has 0 bridgehead atoms. The summed E-state index contributed by atoms with van der Waals surface area (Å²) in [5, 5.41) is 5.49. The molecular formula is C13H22BrN3OS2. The molecule has 2 N–H and O–H groups in total. The summed E-state index contributed by atoms with van der Waals surface area (Å²) in [4.78, 5) is 0. The highest BCUT2D eigenvalue weighted by atomic mass is 79.9. The van der Waals surface area contributed by atoms with E-state index in [4.69, 9.17) is 10.5 Å². The largest absolute Gasteiger partial charge is 0.383 e. The third-order valence-electron chi connectivity index (χ3n) is 3.50. The van der Waals surface area contributed by atoms with Gasteiger partial charge >= 0.3 is 0 Å². The fourth-order valence-corrected chi connectivity index (χ4v) is 6.20. The summed E-state index contributed by atoms with van der Waals surface area (Å²) in [6.45, 7) is 3.64. The van der Waals surface area contributed by atoms with Crippen LogP contribution in [-0.2, 0) is 11.3 Å². The Kier molecular flexibility index (Phi) is 6.74. The Hall–Kier alpha value is 0.310. The van der Waals surface area contributed by atoms with Crippen molar-refractivity contribution in [2.75, 3.05) is 25.2 Å². The van der Waals surface area contributed by atoms with Crippen molar-refractivity contribution < 1.29 is 4.74 Å². The van der Waals surface area contributed by atoms with Gasteiger partial charge in [-0.1, -0.05) is 6.92 Å². The van der Waals surface area contributed by atoms with E-state index in [9.17, 15) is 0 Å². The predicted octanol–water partition coefficient (Wildman–Crippen LogP) is 2.92. The summed E-state index contributed by atoms with van der Waals surface area (Å²) in [6, 6.07) is 0.00600. The molecule has 0 radical (unpaired) electrons. The maximum atomic E-state index is 6.59. The maximum Gasteiger partial charge on any atom is 0.0706 e. The van der Waals surface area contributed by atoms with Crippen molar-refractivity contribution in [3.8, 4) is 0 Å². The molecule has 1 aliphatic rings. The van der Waals surface area contributed by atoms with Crippen LogP contribution in [0, 0.1) is 0 Å². The van der Waals surface area contributed by atoms with E-state index in [0.29, 0.717) is 17.1 Å². The molecule has 0 aromatic carbocycles. The molecule has 2 rings (SSSR count). The van der Waals surface area contributed by atoms with Gasteiger partial charge in [0.2, 0.25) is 0 Å². The van der Waals surface area contributed by atoms with Crippen molar-refractivity contribution in [2.45, 2.75) is 36.4 Å². The molecule has 20 heavy (non-hydrogen) atoms. The molecule has 3 unspecified atom stereocenters. The van der Waals surface area contributed by atoms with Gasteiger partial charge in [0.15, 0.2) is 0 Å². The first-order chi connectivity index (χ1) is 9.69. The van der Waals surface area contributed by atoms with Gasteiger partial charge in [-0.2, -0.15) is 28.6 Å². The number of nitrogens with two attached hydrogens (primary N) is 1. The number of hydrogen-bond acceptors (Lipinski definition) is 5. The summed E-state index contributed by atoms with van der Waals surface area (Å²) >= 11 is 7.66. The Labute approximate surface area is 137 Å². The molecular weight excluding hydrogens is 358 g/mol. The molecule has 3 atom stereocenters. The summed E-state index contributed by atoms with van der Waals surface area (Å²) in [7, 11) is 1.71. The summed E-state index contributed by atoms with van der Waals surface area (Å²) in [6.07, 6.45) is 3.01. The smallest absolute Gasteiger partial charge is 0.0706 e. The van der Waals surface area contributed by atoms with E-state index in [-0.39, 0.29) is 6.04 Å². The standard InChI is InChI=1S/C13H22BrN3OS2/c1-3-10-13(20-7-6-19-10)11(15)12-9(14)8-16-17(12)4-5-18-2/h8,10-11,13H,3-7,15H2,1-2H3. The van der Waals surface area contributed by atoms with Crippen molar-refractivity contribution >= 4 is 39.5 Å². The number of rotatable bonds is 6. The zero-order valence-corrected chi connectivity index (χ0v) is 15.1. The lowest BCUT2D eigenvalue weighted by atomic mass is 10.1. The van der Waals surface area contributed by atoms with Crippen LogP contribution in [0.5, 0.6) is 0 Å². The Balaban J connectivity index is 2.18. The van der Waals surface area contributed by atoms with E-state index in [1.807, 2.05) is 22.6 Å². The van der Waals surface area contributed by atoms with Gasteiger partial charge in [0, 0.05) is 29.1 Å². The first kappa shape index (κ1) is 16.7. The minimum Gasteiger partial charge on any atom is -0.383 e. The topological polar surface area (TPSA) is 53.1 Å². The molecule has 0 amide bonds. The average molecular weight is 380 g/mol. The fourth-order valence-electron chi connectivity index (χ4n) is 2.49. The number of nitrogens with zero attached hydrogens (tertiary/aromatic N) is 2. The van der Waals surface area contributed by atoms with Crippen LogP contribution in [0.3, 0.4) is 0 Å². The van der Waals surface area contributed by atoms with Gasteiger partial charge in [0.25, 0.3) is 0 Å². The van der Waals surface area contributed by atoms with E-state index in [2.05, 4.69) is 39.7 Å². The molecule has 0 aliphatic carbocycles. The van der Waals surface area contributed by atoms with Crippen molar-refractivity contribution in [2.24, 2.45) is 5.73 Å². The van der Waals surface area contributed by atoms with Gasteiger partial charge in [-0.3, -0.25) is 4.68 Å². The number of thioether (sulfide) groups is 2. The minimum atomic E-state index is 0.00600. The van der Waals surface area contributed by atoms with Gasteiger partial charge < -0.3 is 10.5 Å². The van der Waals surface area contributed by atoms with Gasteiger partial charge in [-0.25, -0.2) is 0 Å². The third kappa shape index (κ3) is 3.74. The lowest BCUT2D eigenvalue weighted by molar-refractivity contribution is 0.182. The average Bonchev–Trinajstić information content (AvgIpc) is 2.85. The highest BCUT2D eigenvalue weighted by Gasteiger charge is 2.33. The molecule has 1 aliphatic heterocycles. The number of ether oxygens (including phenoxy) is 1. The van der Waals surface area contributed by atoms with E-state index < -0.39 is 0 Å². The molecule has 1 aromatic rings. The monoisotopic (exact) mass is 379 g/mol. The predicted molar refractivity (Wildman–Crippen MR) is 91.5 cm³/mol. The van der Waals surface area contributed by atoms with E-state index >= 15 is 0 Å². The maximum absolute atomic E-state index is 6.59. The van der Waals surface area contributed by atoms with Crippen LogP contribution >= 0.6 is 39.5 Å². The van der Waals surface area contributed by atoms with Crippen molar-refractivity contribution in [3.05, 3.63) is 16.4 Å². The molecule has 114 valence electrons. The van der Waals surface area contributed by atoms with Gasteiger partial charge in [0.1, 0.15) is 0 Å². The Bertz CT molecular complexity index is 430. The summed E-state index contributed by atoms with van der Waals surface area (Å²) < 4.78 is 8.13. The fraction of sp³-hybridized carbons (Fsp3) is 0.769. The van der Waals surface area contributed by atoms with E-state index in [0.717, 1.165) is 16.7 Å². The molecule has 1 saturated heterocycles. The van der Waals surface area contributed by atoms with E-state index in [1.54, 1.807) is 7.11 Å². The number of halogens is 1. The Morgan fingerprint density at radius 1 is 1.55 bits per heavy atom. The highest BCUT2D eigenvalue weighted by molar-refractivity contribution is 9.10. The molecule has 2 heterocycles. The molecule has 1 aromatic heterocycles. The molecule has 7 heteroatoms. The second kappa shape index (κ2) is 8.08. The van der Waals surface area contributed by atoms with Gasteiger partial charge in [0.05, 0.1) is 35.6 Å².